The third-order valence-electron chi connectivity index (χ3n) is 3.22. The van der Waals surface area contributed by atoms with Crippen LogP contribution in [0.15, 0.2) is 12.1 Å². The molecule has 2 heterocycles. The van der Waals surface area contributed by atoms with Gasteiger partial charge in [0.05, 0.1) is 5.56 Å². The van der Waals surface area contributed by atoms with Crippen LogP contribution in [0.4, 0.5) is 0 Å². The zero-order chi connectivity index (χ0) is 12.2. The zero-order valence-electron chi connectivity index (χ0n) is 9.70. The topological polar surface area (TPSA) is 62.3 Å². The molecule has 17 heavy (non-hydrogen) atoms. The Morgan fingerprint density at radius 1 is 1.53 bits per heavy atom. The Labute approximate surface area is 98.2 Å². The molecule has 0 saturated carbocycles. The number of aromatic carboxylic acids is 1. The van der Waals surface area contributed by atoms with Gasteiger partial charge in [-0.2, -0.15) is 0 Å². The molecule has 1 aromatic carbocycles. The molecule has 0 saturated heterocycles. The normalized spacial score (nSPS) is 18.1. The highest BCUT2D eigenvalue weighted by atomic mass is 16.5. The highest BCUT2D eigenvalue weighted by Crippen LogP contribution is 2.34. The molecule has 4 nitrogen and oxygen atoms in total. The van der Waals surface area contributed by atoms with Crippen molar-refractivity contribution < 1.29 is 14.6 Å². The van der Waals surface area contributed by atoms with Crippen LogP contribution in [0, 0.1) is 6.92 Å². The molecule has 0 spiro atoms. The summed E-state index contributed by atoms with van der Waals surface area (Å²) >= 11 is 0. The number of rotatable bonds is 1. The van der Waals surface area contributed by atoms with Crippen molar-refractivity contribution in [3.63, 3.8) is 0 Å². The SMILES string of the molecule is Cc1[nH]c2cc3c(cc2c1C(=O)O)OC(C)C3. The fourth-order valence-electron chi connectivity index (χ4n) is 2.51. The molecule has 0 amide bonds. The predicted octanol–water partition coefficient (Wildman–Crippen LogP) is 2.50. The Morgan fingerprint density at radius 3 is 3.00 bits per heavy atom. The van der Waals surface area contributed by atoms with Crippen LogP contribution in [-0.4, -0.2) is 22.2 Å². The summed E-state index contributed by atoms with van der Waals surface area (Å²) in [6.07, 6.45) is 1.05. The van der Waals surface area contributed by atoms with Crippen LogP contribution in [-0.2, 0) is 6.42 Å². The number of carboxylic acid groups (broad SMARTS) is 1. The molecule has 1 atom stereocenters. The van der Waals surface area contributed by atoms with E-state index in [1.165, 1.54) is 0 Å². The van der Waals surface area contributed by atoms with Gasteiger partial charge in [0.25, 0.3) is 0 Å². The van der Waals surface area contributed by atoms with Crippen molar-refractivity contribution in [1.82, 2.24) is 4.98 Å². The third-order valence-corrected chi connectivity index (χ3v) is 3.22. The lowest BCUT2D eigenvalue weighted by molar-refractivity contribution is 0.0698. The second-order valence-electron chi connectivity index (χ2n) is 4.57. The molecule has 0 bridgehead atoms. The van der Waals surface area contributed by atoms with Gasteiger partial charge in [-0.1, -0.05) is 0 Å². The molecule has 0 radical (unpaired) electrons. The summed E-state index contributed by atoms with van der Waals surface area (Å²) < 4.78 is 5.65. The molecule has 1 aliphatic heterocycles. The van der Waals surface area contributed by atoms with E-state index in [1.807, 2.05) is 19.1 Å². The fraction of sp³-hybridized carbons (Fsp3) is 0.308. The van der Waals surface area contributed by atoms with E-state index >= 15 is 0 Å². The number of aromatic amines is 1. The van der Waals surface area contributed by atoms with Crippen LogP contribution in [0.5, 0.6) is 5.75 Å². The Hall–Kier alpha value is -1.97. The standard InChI is InChI=1S/C13H13NO3/c1-6-3-8-4-10-9(5-11(8)17-6)12(13(15)16)7(2)14-10/h4-6,14H,3H2,1-2H3,(H,15,16). The number of aryl methyl sites for hydroxylation is 1. The van der Waals surface area contributed by atoms with Crippen molar-refractivity contribution in [2.24, 2.45) is 0 Å². The molecule has 1 aromatic heterocycles. The van der Waals surface area contributed by atoms with Crippen molar-refractivity contribution in [3.05, 3.63) is 29.0 Å². The minimum atomic E-state index is -0.903. The Morgan fingerprint density at radius 2 is 2.29 bits per heavy atom. The summed E-state index contributed by atoms with van der Waals surface area (Å²) in [4.78, 5) is 14.3. The van der Waals surface area contributed by atoms with E-state index in [-0.39, 0.29) is 6.10 Å². The van der Waals surface area contributed by atoms with E-state index in [1.54, 1.807) is 6.92 Å². The van der Waals surface area contributed by atoms with Gasteiger partial charge in [-0.3, -0.25) is 0 Å². The Bertz CT molecular complexity index is 627. The summed E-state index contributed by atoms with van der Waals surface area (Å²) in [6.45, 7) is 3.79. The number of hydrogen-bond donors (Lipinski definition) is 2. The van der Waals surface area contributed by atoms with Crippen molar-refractivity contribution in [2.45, 2.75) is 26.4 Å². The number of hydrogen-bond acceptors (Lipinski definition) is 2. The Balaban J connectivity index is 2.29. The van der Waals surface area contributed by atoms with Gasteiger partial charge in [0.1, 0.15) is 11.9 Å². The predicted molar refractivity (Wildman–Crippen MR) is 63.8 cm³/mol. The average molecular weight is 231 g/mol. The summed E-state index contributed by atoms with van der Waals surface area (Å²) in [7, 11) is 0. The fourth-order valence-corrected chi connectivity index (χ4v) is 2.51. The monoisotopic (exact) mass is 231 g/mol. The van der Waals surface area contributed by atoms with Crippen LogP contribution in [0.3, 0.4) is 0 Å². The number of benzene rings is 1. The maximum absolute atomic E-state index is 11.2. The molecular formula is C13H13NO3. The molecule has 4 heteroatoms. The smallest absolute Gasteiger partial charge is 0.338 e. The van der Waals surface area contributed by atoms with Gasteiger partial charge in [-0.25, -0.2) is 4.79 Å². The lowest BCUT2D eigenvalue weighted by atomic mass is 10.1. The highest BCUT2D eigenvalue weighted by molar-refractivity contribution is 6.05. The molecule has 1 aliphatic rings. The van der Waals surface area contributed by atoms with E-state index < -0.39 is 5.97 Å². The first-order valence-corrected chi connectivity index (χ1v) is 5.61. The summed E-state index contributed by atoms with van der Waals surface area (Å²) in [5.41, 5.74) is 3.04. The van der Waals surface area contributed by atoms with Gasteiger partial charge in [0.2, 0.25) is 0 Å². The lowest BCUT2D eigenvalue weighted by Gasteiger charge is -2.02. The van der Waals surface area contributed by atoms with Gasteiger partial charge < -0.3 is 14.8 Å². The number of H-pyrrole nitrogens is 1. The average Bonchev–Trinajstić information content (AvgIpc) is 2.70. The number of nitrogens with one attached hydrogen (secondary N) is 1. The van der Waals surface area contributed by atoms with Crippen LogP contribution in [0.1, 0.15) is 28.5 Å². The van der Waals surface area contributed by atoms with E-state index in [0.29, 0.717) is 11.3 Å². The van der Waals surface area contributed by atoms with Gasteiger partial charge >= 0.3 is 5.97 Å². The largest absolute Gasteiger partial charge is 0.490 e. The van der Waals surface area contributed by atoms with Crippen molar-refractivity contribution in [3.8, 4) is 5.75 Å². The van der Waals surface area contributed by atoms with Gasteiger partial charge in [-0.05, 0) is 31.5 Å². The van der Waals surface area contributed by atoms with Crippen LogP contribution in [0.2, 0.25) is 0 Å². The van der Waals surface area contributed by atoms with E-state index in [0.717, 1.165) is 28.6 Å². The number of carbonyl (C=O) groups is 1. The summed E-state index contributed by atoms with van der Waals surface area (Å²) in [5, 5.41) is 9.92. The summed E-state index contributed by atoms with van der Waals surface area (Å²) in [6, 6.07) is 3.83. The summed E-state index contributed by atoms with van der Waals surface area (Å²) in [5.74, 6) is -0.0914. The first-order valence-electron chi connectivity index (χ1n) is 5.61. The Kier molecular flexibility index (Phi) is 1.96. The molecule has 3 rings (SSSR count). The van der Waals surface area contributed by atoms with E-state index in [2.05, 4.69) is 4.98 Å². The lowest BCUT2D eigenvalue weighted by Crippen LogP contribution is -2.05. The molecule has 0 fully saturated rings. The second kappa shape index (κ2) is 3.26. The number of carboxylic acids is 1. The van der Waals surface area contributed by atoms with Gasteiger partial charge in [0.15, 0.2) is 0 Å². The molecule has 1 unspecified atom stereocenters. The van der Waals surface area contributed by atoms with Crippen molar-refractivity contribution >= 4 is 16.9 Å². The first-order chi connectivity index (χ1) is 8.06. The molecule has 2 N–H and O–H groups in total. The van der Waals surface area contributed by atoms with Crippen molar-refractivity contribution in [1.29, 1.82) is 0 Å². The first kappa shape index (κ1) is 10.2. The third kappa shape index (κ3) is 1.40. The zero-order valence-corrected chi connectivity index (χ0v) is 9.70. The van der Waals surface area contributed by atoms with Gasteiger partial charge in [-0.15, -0.1) is 0 Å². The number of aromatic nitrogens is 1. The van der Waals surface area contributed by atoms with Gasteiger partial charge in [0, 0.05) is 23.0 Å². The quantitative estimate of drug-likeness (QED) is 0.792. The van der Waals surface area contributed by atoms with Crippen LogP contribution >= 0.6 is 0 Å². The van der Waals surface area contributed by atoms with Crippen molar-refractivity contribution in [2.75, 3.05) is 0 Å². The maximum Gasteiger partial charge on any atom is 0.338 e. The molecule has 2 aromatic rings. The molecule has 88 valence electrons. The second-order valence-corrected chi connectivity index (χ2v) is 4.57. The van der Waals surface area contributed by atoms with E-state index in [4.69, 9.17) is 4.74 Å². The molecular weight excluding hydrogens is 218 g/mol. The van der Waals surface area contributed by atoms with Crippen LogP contribution in [0.25, 0.3) is 10.9 Å². The highest BCUT2D eigenvalue weighted by Gasteiger charge is 2.23. The number of ether oxygens (including phenoxy) is 1. The minimum Gasteiger partial charge on any atom is -0.490 e. The number of fused-ring (bicyclic) bond motifs is 2. The van der Waals surface area contributed by atoms with Crippen LogP contribution < -0.4 is 4.74 Å². The molecule has 0 aliphatic carbocycles. The minimum absolute atomic E-state index is 0.172. The van der Waals surface area contributed by atoms with E-state index in [9.17, 15) is 9.90 Å². The maximum atomic E-state index is 11.2.